The summed E-state index contributed by atoms with van der Waals surface area (Å²) in [7, 11) is 0. The highest BCUT2D eigenvalue weighted by Gasteiger charge is 2.04. The Balaban J connectivity index is 0.000000224. The van der Waals surface area contributed by atoms with E-state index in [4.69, 9.17) is 20.4 Å². The summed E-state index contributed by atoms with van der Waals surface area (Å²) in [5, 5.41) is 34.1. The third-order valence-corrected chi connectivity index (χ3v) is 2.49. The summed E-state index contributed by atoms with van der Waals surface area (Å²) in [5.41, 5.74) is 0.345. The van der Waals surface area contributed by atoms with E-state index in [1.165, 1.54) is 48.5 Å². The van der Waals surface area contributed by atoms with Crippen molar-refractivity contribution in [1.82, 2.24) is 0 Å². The molecule has 0 aliphatic heterocycles. The highest BCUT2D eigenvalue weighted by molar-refractivity contribution is 5.91. The fourth-order valence-corrected chi connectivity index (χ4v) is 1.36. The summed E-state index contributed by atoms with van der Waals surface area (Å²) < 4.78 is 0. The molecule has 0 saturated carbocycles. The number of aromatic carboxylic acids is 3. The minimum Gasteiger partial charge on any atom is -0.508 e. The Bertz CT molecular complexity index is 639. The highest BCUT2D eigenvalue weighted by atomic mass is 16.4. The lowest BCUT2D eigenvalue weighted by atomic mass is 10.1. The first kappa shape index (κ1) is 16.7. The predicted octanol–water partition coefficient (Wildman–Crippen LogP) is 2.17. The Morgan fingerprint density at radius 2 is 0.773 bits per heavy atom. The van der Waals surface area contributed by atoms with Gasteiger partial charge in [-0.3, -0.25) is 0 Å². The first-order chi connectivity index (χ1) is 10.3. The largest absolute Gasteiger partial charge is 0.508 e. The Hall–Kier alpha value is -3.35. The van der Waals surface area contributed by atoms with Crippen LogP contribution in [0.4, 0.5) is 0 Å². The molecule has 0 spiro atoms. The topological polar surface area (TPSA) is 132 Å². The van der Waals surface area contributed by atoms with Crippen LogP contribution < -0.4 is 0 Å². The van der Waals surface area contributed by atoms with Crippen molar-refractivity contribution in [3.63, 3.8) is 0 Å². The van der Waals surface area contributed by atoms with Gasteiger partial charge in [-0.15, -0.1) is 0 Å². The molecular weight excluding hydrogens is 292 g/mol. The number of benzene rings is 2. The van der Waals surface area contributed by atoms with Crippen molar-refractivity contribution in [3.8, 4) is 5.75 Å². The molecule has 0 aliphatic carbocycles. The summed E-state index contributed by atoms with van der Waals surface area (Å²) in [6, 6.07) is 10.4. The smallest absolute Gasteiger partial charge is 0.335 e. The van der Waals surface area contributed by atoms with Crippen LogP contribution >= 0.6 is 0 Å². The average molecular weight is 304 g/mol. The van der Waals surface area contributed by atoms with Crippen LogP contribution in [-0.2, 0) is 0 Å². The summed E-state index contributed by atoms with van der Waals surface area (Å²) >= 11 is 0. The van der Waals surface area contributed by atoms with Crippen LogP contribution in [0.5, 0.6) is 5.75 Å². The molecule has 0 bridgehead atoms. The van der Waals surface area contributed by atoms with Crippen molar-refractivity contribution in [1.29, 1.82) is 0 Å². The third kappa shape index (κ3) is 4.97. The molecule has 114 valence electrons. The lowest BCUT2D eigenvalue weighted by molar-refractivity contribution is 0.0681. The van der Waals surface area contributed by atoms with E-state index in [-0.39, 0.29) is 22.4 Å². The second-order valence-corrected chi connectivity index (χ2v) is 4.04. The molecule has 0 unspecified atom stereocenters. The van der Waals surface area contributed by atoms with Gasteiger partial charge >= 0.3 is 17.9 Å². The van der Waals surface area contributed by atoms with E-state index in [1.807, 2.05) is 0 Å². The summed E-state index contributed by atoms with van der Waals surface area (Å²) in [6.07, 6.45) is 0. The first-order valence-corrected chi connectivity index (χ1v) is 5.90. The quantitative estimate of drug-likeness (QED) is 0.683. The van der Waals surface area contributed by atoms with Crippen LogP contribution in [0.2, 0.25) is 0 Å². The van der Waals surface area contributed by atoms with Gasteiger partial charge in [-0.05, 0) is 48.5 Å². The van der Waals surface area contributed by atoms with Crippen molar-refractivity contribution in [2.24, 2.45) is 0 Å². The SMILES string of the molecule is O=C(O)c1ccc(C(=O)O)cc1.O=C(O)c1ccc(O)cc1. The first-order valence-electron chi connectivity index (χ1n) is 5.90. The molecule has 2 rings (SSSR count). The van der Waals surface area contributed by atoms with Crippen molar-refractivity contribution in [3.05, 3.63) is 65.2 Å². The van der Waals surface area contributed by atoms with E-state index in [1.54, 1.807) is 0 Å². The summed E-state index contributed by atoms with van der Waals surface area (Å²) in [6.45, 7) is 0. The zero-order valence-corrected chi connectivity index (χ0v) is 11.1. The molecule has 0 radical (unpaired) electrons. The van der Waals surface area contributed by atoms with Crippen molar-refractivity contribution >= 4 is 17.9 Å². The van der Waals surface area contributed by atoms with Crippen LogP contribution in [0, 0.1) is 0 Å². The number of carboxylic acid groups (broad SMARTS) is 3. The molecular formula is C15H12O7. The zero-order valence-electron chi connectivity index (χ0n) is 11.1. The number of rotatable bonds is 3. The third-order valence-electron chi connectivity index (χ3n) is 2.49. The monoisotopic (exact) mass is 304 g/mol. The normalized spacial score (nSPS) is 9.27. The van der Waals surface area contributed by atoms with E-state index in [9.17, 15) is 14.4 Å². The minimum absolute atomic E-state index is 0.0741. The molecule has 22 heavy (non-hydrogen) atoms. The number of hydrogen-bond acceptors (Lipinski definition) is 4. The number of hydrogen-bond donors (Lipinski definition) is 4. The molecule has 7 nitrogen and oxygen atoms in total. The average Bonchev–Trinajstić information content (AvgIpc) is 2.48. The Morgan fingerprint density at radius 1 is 0.545 bits per heavy atom. The van der Waals surface area contributed by atoms with Gasteiger partial charge in [0.05, 0.1) is 16.7 Å². The van der Waals surface area contributed by atoms with Crippen LogP contribution in [0.25, 0.3) is 0 Å². The van der Waals surface area contributed by atoms with E-state index in [2.05, 4.69) is 0 Å². The summed E-state index contributed by atoms with van der Waals surface area (Å²) in [4.78, 5) is 30.9. The van der Waals surface area contributed by atoms with Gasteiger partial charge in [-0.1, -0.05) is 0 Å². The van der Waals surface area contributed by atoms with E-state index >= 15 is 0 Å². The molecule has 0 fully saturated rings. The molecule has 0 aliphatic rings. The molecule has 0 saturated heterocycles. The zero-order chi connectivity index (χ0) is 16.7. The van der Waals surface area contributed by atoms with Gasteiger partial charge in [0.15, 0.2) is 0 Å². The Labute approximate surface area is 124 Å². The van der Waals surface area contributed by atoms with E-state index in [0.717, 1.165) is 0 Å². The fourth-order valence-electron chi connectivity index (χ4n) is 1.36. The second kappa shape index (κ2) is 7.44. The molecule has 0 atom stereocenters. The van der Waals surface area contributed by atoms with Gasteiger partial charge in [0.25, 0.3) is 0 Å². The minimum atomic E-state index is -1.06. The Kier molecular flexibility index (Phi) is 5.65. The van der Waals surface area contributed by atoms with Crippen molar-refractivity contribution < 1.29 is 34.8 Å². The van der Waals surface area contributed by atoms with E-state index in [0.29, 0.717) is 0 Å². The van der Waals surface area contributed by atoms with Gasteiger partial charge in [0, 0.05) is 0 Å². The van der Waals surface area contributed by atoms with Crippen LogP contribution in [0.15, 0.2) is 48.5 Å². The second-order valence-electron chi connectivity index (χ2n) is 4.04. The maximum Gasteiger partial charge on any atom is 0.335 e. The number of phenolic OH excluding ortho intramolecular Hbond substituents is 1. The van der Waals surface area contributed by atoms with Crippen molar-refractivity contribution in [2.75, 3.05) is 0 Å². The number of carboxylic acids is 3. The van der Waals surface area contributed by atoms with E-state index < -0.39 is 17.9 Å². The molecule has 4 N–H and O–H groups in total. The summed E-state index contributed by atoms with van der Waals surface area (Å²) in [5.74, 6) is -3.04. The maximum absolute atomic E-state index is 10.3. The molecule has 2 aromatic carbocycles. The van der Waals surface area contributed by atoms with Gasteiger partial charge in [-0.2, -0.15) is 0 Å². The van der Waals surface area contributed by atoms with Crippen LogP contribution in [0.3, 0.4) is 0 Å². The molecule has 0 amide bonds. The van der Waals surface area contributed by atoms with Gasteiger partial charge in [0.1, 0.15) is 5.75 Å². The fraction of sp³-hybridized carbons (Fsp3) is 0. The maximum atomic E-state index is 10.3. The van der Waals surface area contributed by atoms with Crippen LogP contribution in [-0.4, -0.2) is 38.3 Å². The highest BCUT2D eigenvalue weighted by Crippen LogP contribution is 2.08. The Morgan fingerprint density at radius 3 is 1.00 bits per heavy atom. The molecule has 0 heterocycles. The molecule has 7 heteroatoms. The van der Waals surface area contributed by atoms with Crippen molar-refractivity contribution in [2.45, 2.75) is 0 Å². The standard InChI is InChI=1S/C8H6O4.C7H6O3/c9-7(10)5-1-2-6(4-3-5)8(11)12;8-6-3-1-5(2-4-6)7(9)10/h1-4H,(H,9,10)(H,11,12);1-4,8H,(H,9,10). The molecule has 2 aromatic rings. The van der Waals surface area contributed by atoms with Gasteiger partial charge in [0.2, 0.25) is 0 Å². The predicted molar refractivity (Wildman–Crippen MR) is 75.4 cm³/mol. The van der Waals surface area contributed by atoms with Gasteiger partial charge in [-0.25, -0.2) is 14.4 Å². The lowest BCUT2D eigenvalue weighted by Crippen LogP contribution is -1.99. The number of aromatic hydroxyl groups is 1. The lowest BCUT2D eigenvalue weighted by Gasteiger charge is -1.94. The van der Waals surface area contributed by atoms with Crippen LogP contribution in [0.1, 0.15) is 31.1 Å². The number of carbonyl (C=O) groups is 3. The number of phenols is 1. The molecule has 0 aromatic heterocycles. The van der Waals surface area contributed by atoms with Gasteiger partial charge < -0.3 is 20.4 Å².